The van der Waals surface area contributed by atoms with Crippen molar-refractivity contribution in [1.82, 2.24) is 0 Å². The van der Waals surface area contributed by atoms with E-state index in [1.807, 2.05) is 0 Å². The van der Waals surface area contributed by atoms with Crippen LogP contribution in [0, 0.1) is 34.9 Å². The van der Waals surface area contributed by atoms with Crippen LogP contribution >= 0.6 is 30.5 Å². The zero-order valence-electron chi connectivity index (χ0n) is 10.3. The predicted molar refractivity (Wildman–Crippen MR) is 92.2 cm³/mol. The Morgan fingerprint density at radius 2 is 1.37 bits per heavy atom. The Bertz CT molecular complexity index is 532. The molecule has 0 N–H and O–H groups in total. The molecule has 0 spiro atoms. The van der Waals surface area contributed by atoms with Gasteiger partial charge in [0.15, 0.2) is 0 Å². The van der Waals surface area contributed by atoms with Crippen LogP contribution in [0.3, 0.4) is 0 Å². The van der Waals surface area contributed by atoms with Crippen molar-refractivity contribution < 1.29 is 0 Å². The topological polar surface area (TPSA) is 0 Å². The van der Waals surface area contributed by atoms with Gasteiger partial charge in [0.25, 0.3) is 0 Å². The Balaban J connectivity index is 2.04. The fourth-order valence-electron chi connectivity index (χ4n) is 2.15. The molecule has 0 heterocycles. The maximum Gasteiger partial charge on any atom is 0.0210 e. The number of hydrogen-bond acceptors (Lipinski definition) is 0. The average Bonchev–Trinajstić information content (AvgIpc) is 2.96. The summed E-state index contributed by atoms with van der Waals surface area (Å²) in [5, 5.41) is 2.85. The second kappa shape index (κ2) is 6.37. The molecule has 1 saturated carbocycles. The van der Waals surface area contributed by atoms with E-state index >= 15 is 0 Å². The zero-order chi connectivity index (χ0) is 13.1. The van der Waals surface area contributed by atoms with Crippen LogP contribution in [0.15, 0.2) is 54.6 Å². The highest BCUT2D eigenvalue weighted by molar-refractivity contribution is 14.1. The van der Waals surface area contributed by atoms with Crippen molar-refractivity contribution in [2.45, 2.75) is 0 Å². The van der Waals surface area contributed by atoms with Crippen molar-refractivity contribution in [3.05, 3.63) is 89.5 Å². The third kappa shape index (κ3) is 3.03. The summed E-state index contributed by atoms with van der Waals surface area (Å²) in [7, 11) is -0.437. The standard InChI is InChI=1S/C17H13IP/c18-16-12-6-7-13-17(16)19(15-10-4-5-11-15)14-8-2-1-3-9-14/h1-13H/t19-/m1/s1. The third-order valence-corrected chi connectivity index (χ3v) is 6.88. The van der Waals surface area contributed by atoms with Gasteiger partial charge in [-0.25, -0.2) is 0 Å². The van der Waals surface area contributed by atoms with Crippen molar-refractivity contribution in [3.8, 4) is 0 Å². The smallest absolute Gasteiger partial charge is 0.0210 e. The molecule has 1 atom stereocenters. The first kappa shape index (κ1) is 13.6. The number of benzene rings is 2. The average molecular weight is 375 g/mol. The third-order valence-electron chi connectivity index (χ3n) is 3.01. The van der Waals surface area contributed by atoms with E-state index < -0.39 is 7.92 Å². The van der Waals surface area contributed by atoms with Gasteiger partial charge in [-0.15, -0.1) is 0 Å². The fraction of sp³-hybridized carbons (Fsp3) is 0. The zero-order valence-corrected chi connectivity index (χ0v) is 13.4. The van der Waals surface area contributed by atoms with Gasteiger partial charge < -0.3 is 0 Å². The van der Waals surface area contributed by atoms with Gasteiger partial charge in [0.2, 0.25) is 0 Å². The lowest BCUT2D eigenvalue weighted by Gasteiger charge is -2.25. The van der Waals surface area contributed by atoms with Gasteiger partial charge >= 0.3 is 0 Å². The van der Waals surface area contributed by atoms with Crippen LogP contribution in [0.4, 0.5) is 0 Å². The van der Waals surface area contributed by atoms with Crippen molar-refractivity contribution >= 4 is 41.1 Å². The quantitative estimate of drug-likeness (QED) is 0.560. The lowest BCUT2D eigenvalue weighted by molar-refractivity contribution is 1.52. The summed E-state index contributed by atoms with van der Waals surface area (Å²) in [6.07, 6.45) is 8.73. The maximum absolute atomic E-state index is 2.44. The summed E-state index contributed by atoms with van der Waals surface area (Å²) in [6.45, 7) is 0. The van der Waals surface area contributed by atoms with Crippen LogP contribution in [-0.4, -0.2) is 0 Å². The minimum absolute atomic E-state index is 0.437. The highest BCUT2D eigenvalue weighted by Crippen LogP contribution is 2.52. The summed E-state index contributed by atoms with van der Waals surface area (Å²) in [5.41, 5.74) is 1.42. The second-order valence-electron chi connectivity index (χ2n) is 4.27. The monoisotopic (exact) mass is 375 g/mol. The molecule has 19 heavy (non-hydrogen) atoms. The van der Waals surface area contributed by atoms with Gasteiger partial charge in [-0.2, -0.15) is 0 Å². The van der Waals surface area contributed by atoms with E-state index in [9.17, 15) is 0 Å². The Morgan fingerprint density at radius 1 is 0.737 bits per heavy atom. The molecular formula is C17H13IP. The van der Waals surface area contributed by atoms with E-state index in [1.54, 1.807) is 0 Å². The van der Waals surface area contributed by atoms with E-state index in [0.717, 1.165) is 0 Å². The highest BCUT2D eigenvalue weighted by Gasteiger charge is 2.29. The van der Waals surface area contributed by atoms with Crippen molar-refractivity contribution in [3.63, 3.8) is 0 Å². The second-order valence-corrected chi connectivity index (χ2v) is 7.61. The Kier molecular flexibility index (Phi) is 4.55. The predicted octanol–water partition coefficient (Wildman–Crippen LogP) is 4.09. The van der Waals surface area contributed by atoms with Crippen LogP contribution in [0.5, 0.6) is 0 Å². The summed E-state index contributed by atoms with van der Waals surface area (Å²) in [5.74, 6) is 0. The Hall–Kier alpha value is -0.400. The Morgan fingerprint density at radius 3 is 2.05 bits per heavy atom. The largest absolute Gasteiger partial charge is 0.0622 e. The molecule has 0 amide bonds. The van der Waals surface area contributed by atoms with Gasteiger partial charge in [-0.1, -0.05) is 48.5 Å². The molecule has 5 radical (unpaired) electrons. The van der Waals surface area contributed by atoms with E-state index in [-0.39, 0.29) is 0 Å². The van der Waals surface area contributed by atoms with Crippen LogP contribution in [-0.2, 0) is 0 Å². The van der Waals surface area contributed by atoms with Gasteiger partial charge in [0.05, 0.1) is 0 Å². The first-order valence-corrected chi connectivity index (χ1v) is 8.60. The summed E-state index contributed by atoms with van der Waals surface area (Å²) < 4.78 is 1.34. The summed E-state index contributed by atoms with van der Waals surface area (Å²) >= 11 is 2.44. The molecule has 0 saturated heterocycles. The highest BCUT2D eigenvalue weighted by atomic mass is 127. The maximum atomic E-state index is 2.44. The molecule has 1 fully saturated rings. The number of hydrogen-bond donors (Lipinski definition) is 0. The van der Waals surface area contributed by atoms with Crippen LogP contribution in [0.25, 0.3) is 0 Å². The molecule has 0 nitrogen and oxygen atoms in total. The van der Waals surface area contributed by atoms with Crippen LogP contribution in [0.2, 0.25) is 0 Å². The van der Waals surface area contributed by atoms with Gasteiger partial charge in [0, 0.05) is 9.23 Å². The molecule has 1 aliphatic rings. The first-order valence-electron chi connectivity index (χ1n) is 6.18. The molecular weight excluding hydrogens is 362 g/mol. The van der Waals surface area contributed by atoms with Crippen LogP contribution < -0.4 is 10.6 Å². The molecule has 0 aliphatic heterocycles. The molecule has 2 heteroatoms. The molecule has 2 aromatic rings. The fourth-order valence-corrected chi connectivity index (χ4v) is 5.58. The van der Waals surface area contributed by atoms with Gasteiger partial charge in [-0.05, 0) is 72.9 Å². The lowest BCUT2D eigenvalue weighted by Crippen LogP contribution is -2.18. The number of rotatable bonds is 3. The lowest BCUT2D eigenvalue weighted by atomic mass is 10.3. The molecule has 0 unspecified atom stereocenters. The van der Waals surface area contributed by atoms with E-state index in [4.69, 9.17) is 0 Å². The molecule has 3 rings (SSSR count). The number of halogens is 1. The van der Waals surface area contributed by atoms with Crippen molar-refractivity contribution in [2.24, 2.45) is 0 Å². The van der Waals surface area contributed by atoms with Crippen molar-refractivity contribution in [1.29, 1.82) is 0 Å². The van der Waals surface area contributed by atoms with Crippen LogP contribution in [0.1, 0.15) is 0 Å². The van der Waals surface area contributed by atoms with Crippen molar-refractivity contribution in [2.75, 3.05) is 0 Å². The van der Waals surface area contributed by atoms with Gasteiger partial charge in [-0.3, -0.25) is 0 Å². The molecule has 0 bridgehead atoms. The van der Waals surface area contributed by atoms with E-state index in [2.05, 4.69) is 103 Å². The SMILES string of the molecule is Ic1ccccc1[P@@]([C]1[CH][CH][CH][CH]1)c1ccccc1. The normalized spacial score (nSPS) is 17.5. The summed E-state index contributed by atoms with van der Waals surface area (Å²) in [6, 6.07) is 19.5. The van der Waals surface area contributed by atoms with Gasteiger partial charge in [0.1, 0.15) is 0 Å². The summed E-state index contributed by atoms with van der Waals surface area (Å²) in [4.78, 5) is 0. The van der Waals surface area contributed by atoms with E-state index in [1.165, 1.54) is 19.8 Å². The first-order chi connectivity index (χ1) is 9.36. The Labute approximate surface area is 130 Å². The molecule has 2 aromatic carbocycles. The minimum atomic E-state index is -0.437. The molecule has 1 aliphatic carbocycles. The molecule has 93 valence electrons. The molecule has 0 aromatic heterocycles. The van der Waals surface area contributed by atoms with E-state index in [0.29, 0.717) is 0 Å². The minimum Gasteiger partial charge on any atom is -0.0622 e.